The average Bonchev–Trinajstić information content (AvgIpc) is 2.26. The number of ketones is 1. The second-order valence-corrected chi connectivity index (χ2v) is 3.29. The van der Waals surface area contributed by atoms with Crippen LogP contribution in [0.3, 0.4) is 0 Å². The van der Waals surface area contributed by atoms with Gasteiger partial charge in [0.15, 0.2) is 5.78 Å². The molecule has 1 nitrogen and oxygen atoms in total. The molecule has 0 aliphatic carbocycles. The van der Waals surface area contributed by atoms with Gasteiger partial charge >= 0.3 is 0 Å². The molecule has 0 saturated carbocycles. The number of hydrogen-bond acceptors (Lipinski definition) is 1. The summed E-state index contributed by atoms with van der Waals surface area (Å²) in [6.07, 6.45) is 3.29. The Morgan fingerprint density at radius 3 is 2.33 bits per heavy atom. The molecule has 1 aromatic carbocycles. The van der Waals surface area contributed by atoms with E-state index in [1.165, 1.54) is 0 Å². The monoisotopic (exact) mass is 198 g/mol. The first-order valence-corrected chi connectivity index (χ1v) is 4.75. The summed E-state index contributed by atoms with van der Waals surface area (Å²) in [6.45, 7) is 9.19. The lowest BCUT2D eigenvalue weighted by atomic mass is 9.98. The minimum Gasteiger partial charge on any atom is -0.289 e. The third kappa shape index (κ3) is 2.78. The molecule has 76 valence electrons. The Bertz CT molecular complexity index is 410. The molecule has 0 unspecified atom stereocenters. The second kappa shape index (κ2) is 5.11. The zero-order chi connectivity index (χ0) is 11.3. The number of hydrogen-bond donors (Lipinski definition) is 0. The normalized spacial score (nSPS) is 10.9. The van der Waals surface area contributed by atoms with Gasteiger partial charge in [-0.05, 0) is 12.5 Å². The van der Waals surface area contributed by atoms with Gasteiger partial charge in [-0.15, -0.1) is 0 Å². The van der Waals surface area contributed by atoms with Gasteiger partial charge < -0.3 is 0 Å². The quantitative estimate of drug-likeness (QED) is 0.410. The van der Waals surface area contributed by atoms with E-state index in [0.29, 0.717) is 11.1 Å². The molecular formula is C14H14O. The average molecular weight is 198 g/mol. The molecule has 1 heteroatoms. The summed E-state index contributed by atoms with van der Waals surface area (Å²) in [7, 11) is 0. The molecule has 1 rings (SSSR count). The summed E-state index contributed by atoms with van der Waals surface area (Å²) in [5.41, 5.74) is 2.04. The minimum atomic E-state index is -0.0111. The van der Waals surface area contributed by atoms with Crippen molar-refractivity contribution in [3.63, 3.8) is 0 Å². The van der Waals surface area contributed by atoms with Gasteiger partial charge in [-0.2, -0.15) is 0 Å². The van der Waals surface area contributed by atoms with E-state index in [2.05, 4.69) is 13.2 Å². The van der Waals surface area contributed by atoms with E-state index in [4.69, 9.17) is 0 Å². The van der Waals surface area contributed by atoms with E-state index in [-0.39, 0.29) is 5.78 Å². The topological polar surface area (TPSA) is 17.1 Å². The van der Waals surface area contributed by atoms with E-state index in [9.17, 15) is 4.79 Å². The Kier molecular flexibility index (Phi) is 3.81. The number of carbonyl (C=O) groups excluding carboxylic acids is 1. The second-order valence-electron chi connectivity index (χ2n) is 3.29. The maximum Gasteiger partial charge on any atom is 0.193 e. The zero-order valence-corrected chi connectivity index (χ0v) is 8.86. The molecule has 1 aromatic rings. The van der Waals surface area contributed by atoms with Crippen molar-refractivity contribution in [3.05, 3.63) is 72.4 Å². The van der Waals surface area contributed by atoms with Gasteiger partial charge in [0.1, 0.15) is 0 Å². The third-order valence-electron chi connectivity index (χ3n) is 2.02. The maximum atomic E-state index is 12.0. The zero-order valence-electron chi connectivity index (χ0n) is 8.86. The van der Waals surface area contributed by atoms with Crippen LogP contribution in [0.15, 0.2) is 66.8 Å². The van der Waals surface area contributed by atoms with Gasteiger partial charge in [0.25, 0.3) is 0 Å². The molecule has 0 aliphatic heterocycles. The molecule has 0 fully saturated rings. The molecule has 0 saturated heterocycles. The van der Waals surface area contributed by atoms with Crippen molar-refractivity contribution in [2.24, 2.45) is 0 Å². The minimum absolute atomic E-state index is 0.0111. The highest BCUT2D eigenvalue weighted by molar-refractivity contribution is 6.11. The Hall–Kier alpha value is -1.89. The maximum absolute atomic E-state index is 12.0. The lowest BCUT2D eigenvalue weighted by Crippen LogP contribution is -2.03. The van der Waals surface area contributed by atoms with Gasteiger partial charge in [-0.1, -0.05) is 55.6 Å². The van der Waals surface area contributed by atoms with E-state index < -0.39 is 0 Å². The summed E-state index contributed by atoms with van der Waals surface area (Å²) in [6, 6.07) is 9.16. The summed E-state index contributed by atoms with van der Waals surface area (Å²) in [5, 5.41) is 0. The SMILES string of the molecule is C=C/C=C(\C(=C)C)C(=O)c1ccccc1. The first kappa shape index (κ1) is 11.2. The first-order chi connectivity index (χ1) is 7.16. The fraction of sp³-hybridized carbons (Fsp3) is 0.0714. The number of benzene rings is 1. The van der Waals surface area contributed by atoms with Crippen molar-refractivity contribution in [2.45, 2.75) is 6.92 Å². The van der Waals surface area contributed by atoms with Crippen molar-refractivity contribution >= 4 is 5.78 Å². The van der Waals surface area contributed by atoms with Crippen LogP contribution in [-0.2, 0) is 0 Å². The Balaban J connectivity index is 3.08. The number of rotatable bonds is 4. The highest BCUT2D eigenvalue weighted by Crippen LogP contribution is 2.14. The summed E-state index contributed by atoms with van der Waals surface area (Å²) in [4.78, 5) is 12.0. The predicted molar refractivity (Wildman–Crippen MR) is 63.9 cm³/mol. The van der Waals surface area contributed by atoms with Gasteiger partial charge in [-0.3, -0.25) is 4.79 Å². The fourth-order valence-electron chi connectivity index (χ4n) is 1.27. The fourth-order valence-corrected chi connectivity index (χ4v) is 1.27. The molecule has 0 spiro atoms. The first-order valence-electron chi connectivity index (χ1n) is 4.75. The molecular weight excluding hydrogens is 184 g/mol. The Labute approximate surface area is 90.4 Å². The number of Topliss-reactive ketones (excluding diaryl/α,β-unsaturated/α-hetero) is 1. The van der Waals surface area contributed by atoms with Crippen LogP contribution in [0.1, 0.15) is 17.3 Å². The van der Waals surface area contributed by atoms with Crippen LogP contribution in [0.2, 0.25) is 0 Å². The van der Waals surface area contributed by atoms with Crippen LogP contribution in [0.4, 0.5) is 0 Å². The van der Waals surface area contributed by atoms with Crippen LogP contribution in [-0.4, -0.2) is 5.78 Å². The summed E-state index contributed by atoms with van der Waals surface area (Å²) >= 11 is 0. The standard InChI is InChI=1S/C14H14O/c1-4-8-13(11(2)3)14(15)12-9-6-5-7-10-12/h4-10H,1-2H2,3H3/b13-8+. The van der Waals surface area contributed by atoms with Crippen LogP contribution >= 0.6 is 0 Å². The van der Waals surface area contributed by atoms with Crippen LogP contribution in [0, 0.1) is 0 Å². The highest BCUT2D eigenvalue weighted by Gasteiger charge is 2.11. The van der Waals surface area contributed by atoms with Crippen LogP contribution in [0.25, 0.3) is 0 Å². The molecule has 0 heterocycles. The van der Waals surface area contributed by atoms with Crippen LogP contribution < -0.4 is 0 Å². The largest absolute Gasteiger partial charge is 0.289 e. The highest BCUT2D eigenvalue weighted by atomic mass is 16.1. The molecule has 15 heavy (non-hydrogen) atoms. The van der Waals surface area contributed by atoms with E-state index in [1.54, 1.807) is 24.3 Å². The summed E-state index contributed by atoms with van der Waals surface area (Å²) in [5.74, 6) is -0.0111. The van der Waals surface area contributed by atoms with Crippen molar-refractivity contribution in [2.75, 3.05) is 0 Å². The van der Waals surface area contributed by atoms with Gasteiger partial charge in [0, 0.05) is 11.1 Å². The molecule has 0 radical (unpaired) electrons. The number of carbonyl (C=O) groups is 1. The van der Waals surface area contributed by atoms with Crippen molar-refractivity contribution in [1.29, 1.82) is 0 Å². The van der Waals surface area contributed by atoms with E-state index >= 15 is 0 Å². The molecule has 0 aromatic heterocycles. The Morgan fingerprint density at radius 2 is 1.87 bits per heavy atom. The lowest BCUT2D eigenvalue weighted by molar-refractivity contribution is 0.103. The molecule has 0 N–H and O–H groups in total. The molecule has 0 amide bonds. The van der Waals surface area contributed by atoms with Crippen molar-refractivity contribution in [3.8, 4) is 0 Å². The van der Waals surface area contributed by atoms with E-state index in [0.717, 1.165) is 5.57 Å². The number of allylic oxidation sites excluding steroid dienone is 4. The van der Waals surface area contributed by atoms with Crippen molar-refractivity contribution < 1.29 is 4.79 Å². The van der Waals surface area contributed by atoms with Gasteiger partial charge in [0.2, 0.25) is 0 Å². The third-order valence-corrected chi connectivity index (χ3v) is 2.02. The smallest absolute Gasteiger partial charge is 0.193 e. The molecule has 0 atom stereocenters. The van der Waals surface area contributed by atoms with Crippen LogP contribution in [0.5, 0.6) is 0 Å². The molecule has 0 bridgehead atoms. The van der Waals surface area contributed by atoms with Gasteiger partial charge in [0.05, 0.1) is 0 Å². The lowest BCUT2D eigenvalue weighted by Gasteiger charge is -2.04. The van der Waals surface area contributed by atoms with E-state index in [1.807, 2.05) is 25.1 Å². The molecule has 0 aliphatic rings. The van der Waals surface area contributed by atoms with Gasteiger partial charge in [-0.25, -0.2) is 0 Å². The van der Waals surface area contributed by atoms with Crippen molar-refractivity contribution in [1.82, 2.24) is 0 Å². The Morgan fingerprint density at radius 1 is 1.27 bits per heavy atom. The summed E-state index contributed by atoms with van der Waals surface area (Å²) < 4.78 is 0. The predicted octanol–water partition coefficient (Wildman–Crippen LogP) is 3.56.